The highest BCUT2D eigenvalue weighted by Gasteiger charge is 2.56. The first-order valence-electron chi connectivity index (χ1n) is 10.5. The summed E-state index contributed by atoms with van der Waals surface area (Å²) in [5.74, 6) is 0.0336. The number of amides is 1. The number of fused-ring (bicyclic) bond motifs is 3. The maximum Gasteiger partial charge on any atom is 0.256 e. The van der Waals surface area contributed by atoms with Crippen molar-refractivity contribution < 1.29 is 14.6 Å². The lowest BCUT2D eigenvalue weighted by Gasteiger charge is -2.34. The molecule has 0 radical (unpaired) electrons. The second-order valence-corrected chi connectivity index (χ2v) is 8.60. The first-order valence-corrected chi connectivity index (χ1v) is 10.5. The highest BCUT2D eigenvalue weighted by molar-refractivity contribution is 5.97. The fourth-order valence-electron chi connectivity index (χ4n) is 5.67. The van der Waals surface area contributed by atoms with E-state index in [0.29, 0.717) is 11.6 Å². The number of aliphatic hydroxyl groups excluding tert-OH is 1. The molecule has 0 aliphatic carbocycles. The third kappa shape index (κ3) is 2.59. The van der Waals surface area contributed by atoms with Gasteiger partial charge in [-0.15, -0.1) is 0 Å². The molecule has 3 aliphatic rings. The number of aliphatic hydroxyl groups is 1. The van der Waals surface area contributed by atoms with Crippen molar-refractivity contribution in [2.75, 3.05) is 19.8 Å². The van der Waals surface area contributed by atoms with E-state index in [4.69, 9.17) is 4.74 Å². The number of carbonyl (C=O) groups is 1. The van der Waals surface area contributed by atoms with Gasteiger partial charge < -0.3 is 19.3 Å². The molecule has 2 bridgehead atoms. The summed E-state index contributed by atoms with van der Waals surface area (Å²) >= 11 is 0. The number of imidazole rings is 1. The summed E-state index contributed by atoms with van der Waals surface area (Å²) in [7, 11) is 0. The summed E-state index contributed by atoms with van der Waals surface area (Å²) in [6, 6.07) is 2.61. The summed E-state index contributed by atoms with van der Waals surface area (Å²) in [5.41, 5.74) is 2.08. The minimum absolute atomic E-state index is 0.0336. The van der Waals surface area contributed by atoms with Gasteiger partial charge >= 0.3 is 0 Å². The lowest BCUT2D eigenvalue weighted by atomic mass is 9.72. The molecule has 0 aromatic carbocycles. The summed E-state index contributed by atoms with van der Waals surface area (Å²) < 4.78 is 7.58. The van der Waals surface area contributed by atoms with Crippen LogP contribution in [0.3, 0.4) is 0 Å². The normalized spacial score (nSPS) is 30.4. The molecule has 5 rings (SSSR count). The Bertz CT molecular complexity index is 885. The SMILES string of the molecule is CC[C@]1(CO)C[C@H]2CC[C@@H]1N2C(=O)c1cnc2c(c1)ncn2C1CCOCC1. The van der Waals surface area contributed by atoms with Crippen LogP contribution in [0.1, 0.15) is 61.8 Å². The third-order valence-electron chi connectivity index (χ3n) is 7.35. The van der Waals surface area contributed by atoms with Crippen LogP contribution in [0.15, 0.2) is 18.6 Å². The Hall–Kier alpha value is -1.99. The van der Waals surface area contributed by atoms with Gasteiger partial charge in [0.1, 0.15) is 5.52 Å². The standard InChI is InChI=1S/C21H28N4O3/c1-2-21(12-26)10-16-3-4-18(21)25(16)20(27)14-9-17-19(22-11-14)24(13-23-17)15-5-7-28-8-6-15/h9,11,13,15-16,18,26H,2-8,10,12H2,1H3/t16-,18+,21-/m1/s1. The predicted molar refractivity (Wildman–Crippen MR) is 104 cm³/mol. The number of ether oxygens (including phenoxy) is 1. The molecule has 2 aromatic heterocycles. The maximum absolute atomic E-state index is 13.3. The van der Waals surface area contributed by atoms with Crippen molar-refractivity contribution in [2.24, 2.45) is 5.41 Å². The second-order valence-electron chi connectivity index (χ2n) is 8.60. The van der Waals surface area contributed by atoms with E-state index in [2.05, 4.69) is 21.5 Å². The smallest absolute Gasteiger partial charge is 0.256 e. The van der Waals surface area contributed by atoms with Crippen LogP contribution >= 0.6 is 0 Å². The van der Waals surface area contributed by atoms with Crippen molar-refractivity contribution in [2.45, 2.75) is 63.6 Å². The summed E-state index contributed by atoms with van der Waals surface area (Å²) in [5, 5.41) is 10.0. The van der Waals surface area contributed by atoms with Crippen molar-refractivity contribution in [1.82, 2.24) is 19.4 Å². The molecular formula is C21H28N4O3. The quantitative estimate of drug-likeness (QED) is 0.876. The van der Waals surface area contributed by atoms with Gasteiger partial charge in [-0.1, -0.05) is 6.92 Å². The Balaban J connectivity index is 1.43. The predicted octanol–water partition coefficient (Wildman–Crippen LogP) is 2.55. The third-order valence-corrected chi connectivity index (χ3v) is 7.35. The summed E-state index contributed by atoms with van der Waals surface area (Å²) in [6.45, 7) is 3.81. The average Bonchev–Trinajstić information content (AvgIpc) is 3.44. The van der Waals surface area contributed by atoms with Crippen LogP contribution in [0, 0.1) is 5.41 Å². The van der Waals surface area contributed by atoms with Crippen LogP contribution in [0.4, 0.5) is 0 Å². The van der Waals surface area contributed by atoms with Gasteiger partial charge in [0.25, 0.3) is 5.91 Å². The number of carbonyl (C=O) groups excluding carboxylic acids is 1. The second kappa shape index (κ2) is 6.81. The van der Waals surface area contributed by atoms with E-state index >= 15 is 0 Å². The summed E-state index contributed by atoms with van der Waals surface area (Å²) in [4.78, 5) is 24.5. The number of pyridine rings is 1. The minimum atomic E-state index is -0.138. The molecule has 0 spiro atoms. The fourth-order valence-corrected chi connectivity index (χ4v) is 5.67. The molecule has 150 valence electrons. The van der Waals surface area contributed by atoms with E-state index in [-0.39, 0.29) is 30.0 Å². The van der Waals surface area contributed by atoms with Crippen LogP contribution in [0.25, 0.3) is 11.2 Å². The Labute approximate surface area is 164 Å². The van der Waals surface area contributed by atoms with Gasteiger partial charge in [0.05, 0.1) is 18.5 Å². The van der Waals surface area contributed by atoms with Gasteiger partial charge in [0, 0.05) is 43.0 Å². The first-order chi connectivity index (χ1) is 13.7. The van der Waals surface area contributed by atoms with Crippen LogP contribution in [0.5, 0.6) is 0 Å². The van der Waals surface area contributed by atoms with E-state index in [1.807, 2.05) is 17.3 Å². The van der Waals surface area contributed by atoms with E-state index < -0.39 is 0 Å². The first kappa shape index (κ1) is 18.1. The van der Waals surface area contributed by atoms with Crippen LogP contribution in [-0.4, -0.2) is 62.4 Å². The largest absolute Gasteiger partial charge is 0.396 e. The van der Waals surface area contributed by atoms with E-state index in [1.165, 1.54) is 0 Å². The molecule has 3 saturated heterocycles. The van der Waals surface area contributed by atoms with Gasteiger partial charge in [-0.2, -0.15) is 0 Å². The van der Waals surface area contributed by atoms with Crippen molar-refractivity contribution in [1.29, 1.82) is 0 Å². The Morgan fingerprint density at radius 2 is 2.07 bits per heavy atom. The maximum atomic E-state index is 13.3. The van der Waals surface area contributed by atoms with Crippen molar-refractivity contribution in [3.8, 4) is 0 Å². The molecule has 2 aromatic rings. The zero-order valence-electron chi connectivity index (χ0n) is 16.4. The van der Waals surface area contributed by atoms with Gasteiger partial charge in [-0.05, 0) is 44.6 Å². The van der Waals surface area contributed by atoms with Gasteiger partial charge in [0.15, 0.2) is 5.65 Å². The molecule has 3 atom stereocenters. The summed E-state index contributed by atoms with van der Waals surface area (Å²) in [6.07, 6.45) is 9.30. The Kier molecular flexibility index (Phi) is 4.39. The van der Waals surface area contributed by atoms with Gasteiger partial charge in [0.2, 0.25) is 0 Å². The number of hydrogen-bond donors (Lipinski definition) is 1. The molecule has 28 heavy (non-hydrogen) atoms. The van der Waals surface area contributed by atoms with Gasteiger partial charge in [-0.3, -0.25) is 4.79 Å². The zero-order valence-corrected chi connectivity index (χ0v) is 16.4. The molecular weight excluding hydrogens is 356 g/mol. The molecule has 0 unspecified atom stereocenters. The minimum Gasteiger partial charge on any atom is -0.396 e. The van der Waals surface area contributed by atoms with Crippen LogP contribution < -0.4 is 0 Å². The van der Waals surface area contributed by atoms with Crippen molar-refractivity contribution >= 4 is 17.1 Å². The van der Waals surface area contributed by atoms with E-state index in [0.717, 1.165) is 62.9 Å². The van der Waals surface area contributed by atoms with E-state index in [1.54, 1.807) is 6.20 Å². The molecule has 0 saturated carbocycles. The van der Waals surface area contributed by atoms with Crippen LogP contribution in [0.2, 0.25) is 0 Å². The van der Waals surface area contributed by atoms with E-state index in [9.17, 15) is 9.90 Å². The number of hydrogen-bond acceptors (Lipinski definition) is 5. The highest BCUT2D eigenvalue weighted by Crippen LogP contribution is 2.51. The molecule has 1 N–H and O–H groups in total. The monoisotopic (exact) mass is 384 g/mol. The topological polar surface area (TPSA) is 80.5 Å². The lowest BCUT2D eigenvalue weighted by molar-refractivity contribution is 0.0557. The molecule has 7 nitrogen and oxygen atoms in total. The molecule has 7 heteroatoms. The molecule has 3 aliphatic heterocycles. The number of rotatable bonds is 4. The average molecular weight is 384 g/mol. The highest BCUT2D eigenvalue weighted by atomic mass is 16.5. The molecule has 3 fully saturated rings. The van der Waals surface area contributed by atoms with Crippen molar-refractivity contribution in [3.63, 3.8) is 0 Å². The molecule has 5 heterocycles. The fraction of sp³-hybridized carbons (Fsp3) is 0.667. The van der Waals surface area contributed by atoms with Gasteiger partial charge in [-0.25, -0.2) is 9.97 Å². The Morgan fingerprint density at radius 1 is 1.25 bits per heavy atom. The van der Waals surface area contributed by atoms with Crippen LogP contribution in [-0.2, 0) is 4.74 Å². The number of aromatic nitrogens is 3. The zero-order chi connectivity index (χ0) is 19.3. The Morgan fingerprint density at radius 3 is 2.79 bits per heavy atom. The van der Waals surface area contributed by atoms with Crippen molar-refractivity contribution in [3.05, 3.63) is 24.2 Å². The molecule has 1 amide bonds. The lowest BCUT2D eigenvalue weighted by Crippen LogP contribution is -2.42. The number of nitrogens with zero attached hydrogens (tertiary/aromatic N) is 4.